The van der Waals surface area contributed by atoms with Gasteiger partial charge in [0.25, 0.3) is 0 Å². The van der Waals surface area contributed by atoms with Gasteiger partial charge in [0.05, 0.1) is 11.2 Å². The molecule has 1 saturated heterocycles. The lowest BCUT2D eigenvalue weighted by Crippen LogP contribution is -2.48. The van der Waals surface area contributed by atoms with Crippen LogP contribution in [-0.2, 0) is 6.54 Å². The van der Waals surface area contributed by atoms with Crippen molar-refractivity contribution in [3.63, 3.8) is 0 Å². The first-order valence-corrected chi connectivity index (χ1v) is 7.58. The summed E-state index contributed by atoms with van der Waals surface area (Å²) < 4.78 is 0. The topological polar surface area (TPSA) is 42.1 Å². The molecule has 20 heavy (non-hydrogen) atoms. The van der Waals surface area contributed by atoms with Crippen LogP contribution in [0.4, 0.5) is 0 Å². The second-order valence-electron chi connectivity index (χ2n) is 5.89. The van der Waals surface area contributed by atoms with Crippen LogP contribution in [0, 0.1) is 0 Å². The molecule has 1 aromatic carbocycles. The maximum absolute atomic E-state index is 6.14. The minimum atomic E-state index is 0.232. The van der Waals surface area contributed by atoms with Crippen molar-refractivity contribution < 1.29 is 0 Å². The Hall–Kier alpha value is -1.45. The molecular weight excluding hydrogens is 246 g/mol. The van der Waals surface area contributed by atoms with Gasteiger partial charge in [0.15, 0.2) is 0 Å². The van der Waals surface area contributed by atoms with Gasteiger partial charge in [-0.3, -0.25) is 9.88 Å². The molecule has 0 bridgehead atoms. The fourth-order valence-corrected chi connectivity index (χ4v) is 3.21. The maximum atomic E-state index is 6.14. The molecule has 2 aromatic rings. The average Bonchev–Trinajstić information content (AvgIpc) is 2.47. The van der Waals surface area contributed by atoms with Crippen LogP contribution in [-0.4, -0.2) is 28.5 Å². The second-order valence-corrected chi connectivity index (χ2v) is 5.89. The van der Waals surface area contributed by atoms with Crippen molar-refractivity contribution in [3.05, 3.63) is 42.1 Å². The molecule has 2 N–H and O–H groups in total. The second kappa shape index (κ2) is 5.90. The fraction of sp³-hybridized carbons (Fsp3) is 0.471. The monoisotopic (exact) mass is 269 g/mol. The SMILES string of the molecule is CC(N)C1CCCCN1Cc1ccc2ccccc2n1. The molecule has 0 saturated carbocycles. The number of nitrogens with zero attached hydrogens (tertiary/aromatic N) is 2. The first kappa shape index (κ1) is 13.5. The number of likely N-dealkylation sites (tertiary alicyclic amines) is 1. The van der Waals surface area contributed by atoms with Crippen molar-refractivity contribution in [2.45, 2.75) is 44.8 Å². The number of aromatic nitrogens is 1. The smallest absolute Gasteiger partial charge is 0.0705 e. The molecule has 1 fully saturated rings. The fourth-order valence-electron chi connectivity index (χ4n) is 3.21. The summed E-state index contributed by atoms with van der Waals surface area (Å²) in [5, 5.41) is 1.21. The lowest BCUT2D eigenvalue weighted by Gasteiger charge is -2.37. The molecule has 0 spiro atoms. The summed E-state index contributed by atoms with van der Waals surface area (Å²) in [4.78, 5) is 7.29. The standard InChI is InChI=1S/C17H23N3/c1-13(18)17-8-4-5-11-20(17)12-15-10-9-14-6-2-3-7-16(14)19-15/h2-3,6-7,9-10,13,17H,4-5,8,11-12,18H2,1H3. The Bertz CT molecular complexity index is 579. The number of nitrogens with two attached hydrogens (primary N) is 1. The molecule has 0 amide bonds. The highest BCUT2D eigenvalue weighted by Gasteiger charge is 2.25. The Morgan fingerprint density at radius 1 is 1.25 bits per heavy atom. The van der Waals surface area contributed by atoms with E-state index in [2.05, 4.69) is 42.2 Å². The zero-order valence-electron chi connectivity index (χ0n) is 12.1. The summed E-state index contributed by atoms with van der Waals surface area (Å²) in [5.74, 6) is 0. The zero-order chi connectivity index (χ0) is 13.9. The van der Waals surface area contributed by atoms with Gasteiger partial charge in [0, 0.05) is 24.0 Å². The Morgan fingerprint density at radius 3 is 2.95 bits per heavy atom. The van der Waals surface area contributed by atoms with Crippen LogP contribution >= 0.6 is 0 Å². The van der Waals surface area contributed by atoms with E-state index < -0.39 is 0 Å². The van der Waals surface area contributed by atoms with Crippen molar-refractivity contribution in [2.24, 2.45) is 5.73 Å². The van der Waals surface area contributed by atoms with Crippen LogP contribution in [0.5, 0.6) is 0 Å². The number of pyridine rings is 1. The molecule has 106 valence electrons. The molecule has 3 rings (SSSR count). The first-order chi connectivity index (χ1) is 9.74. The number of rotatable bonds is 3. The van der Waals surface area contributed by atoms with Crippen molar-refractivity contribution in [3.8, 4) is 0 Å². The van der Waals surface area contributed by atoms with Crippen molar-refractivity contribution >= 4 is 10.9 Å². The summed E-state index contributed by atoms with van der Waals surface area (Å²) in [5.41, 5.74) is 8.37. The van der Waals surface area contributed by atoms with Gasteiger partial charge < -0.3 is 5.73 Å². The molecule has 2 heterocycles. The lowest BCUT2D eigenvalue weighted by atomic mass is 9.97. The van der Waals surface area contributed by atoms with Gasteiger partial charge in [0.2, 0.25) is 0 Å². The highest BCUT2D eigenvalue weighted by atomic mass is 15.2. The van der Waals surface area contributed by atoms with Crippen LogP contribution in [0.1, 0.15) is 31.9 Å². The number of hydrogen-bond donors (Lipinski definition) is 1. The predicted molar refractivity (Wildman–Crippen MR) is 83.4 cm³/mol. The molecule has 1 aliphatic rings. The van der Waals surface area contributed by atoms with E-state index in [1.165, 1.54) is 24.6 Å². The van der Waals surface area contributed by atoms with Crippen LogP contribution in [0.25, 0.3) is 10.9 Å². The Balaban J connectivity index is 1.80. The highest BCUT2D eigenvalue weighted by molar-refractivity contribution is 5.78. The number of benzene rings is 1. The van der Waals surface area contributed by atoms with Gasteiger partial charge in [-0.25, -0.2) is 0 Å². The molecule has 3 heteroatoms. The van der Waals surface area contributed by atoms with E-state index >= 15 is 0 Å². The number of para-hydroxylation sites is 1. The predicted octanol–water partition coefficient (Wildman–Crippen LogP) is 2.94. The van der Waals surface area contributed by atoms with Gasteiger partial charge in [-0.1, -0.05) is 30.7 Å². The summed E-state index contributed by atoms with van der Waals surface area (Å²) in [6, 6.07) is 13.3. The quantitative estimate of drug-likeness (QED) is 0.931. The Labute approximate surface area is 120 Å². The Morgan fingerprint density at radius 2 is 2.10 bits per heavy atom. The number of fused-ring (bicyclic) bond motifs is 1. The molecule has 2 atom stereocenters. The van der Waals surface area contributed by atoms with Crippen LogP contribution in [0.2, 0.25) is 0 Å². The van der Waals surface area contributed by atoms with Gasteiger partial charge in [-0.05, 0) is 38.4 Å². The van der Waals surface area contributed by atoms with Gasteiger partial charge in [-0.15, -0.1) is 0 Å². The molecule has 0 aliphatic carbocycles. The summed E-state index contributed by atoms with van der Waals surface area (Å²) in [7, 11) is 0. The summed E-state index contributed by atoms with van der Waals surface area (Å²) in [6.07, 6.45) is 3.79. The van der Waals surface area contributed by atoms with E-state index in [1.807, 2.05) is 6.07 Å². The number of piperidine rings is 1. The van der Waals surface area contributed by atoms with E-state index in [-0.39, 0.29) is 6.04 Å². The van der Waals surface area contributed by atoms with Crippen molar-refractivity contribution in [1.29, 1.82) is 0 Å². The lowest BCUT2D eigenvalue weighted by molar-refractivity contribution is 0.121. The van der Waals surface area contributed by atoms with Crippen molar-refractivity contribution in [1.82, 2.24) is 9.88 Å². The molecule has 1 aromatic heterocycles. The van der Waals surface area contributed by atoms with E-state index in [0.29, 0.717) is 6.04 Å². The van der Waals surface area contributed by atoms with E-state index in [1.54, 1.807) is 0 Å². The largest absolute Gasteiger partial charge is 0.327 e. The maximum Gasteiger partial charge on any atom is 0.0705 e. The third kappa shape index (κ3) is 2.84. The zero-order valence-corrected chi connectivity index (χ0v) is 12.1. The van der Waals surface area contributed by atoms with Crippen LogP contribution in [0.3, 0.4) is 0 Å². The van der Waals surface area contributed by atoms with Gasteiger partial charge in [0.1, 0.15) is 0 Å². The third-order valence-corrected chi connectivity index (χ3v) is 4.29. The van der Waals surface area contributed by atoms with Crippen molar-refractivity contribution in [2.75, 3.05) is 6.54 Å². The molecular formula is C17H23N3. The first-order valence-electron chi connectivity index (χ1n) is 7.58. The van der Waals surface area contributed by atoms with Gasteiger partial charge >= 0.3 is 0 Å². The highest BCUT2D eigenvalue weighted by Crippen LogP contribution is 2.21. The summed E-state index contributed by atoms with van der Waals surface area (Å²) >= 11 is 0. The normalized spacial score (nSPS) is 22.0. The summed E-state index contributed by atoms with van der Waals surface area (Å²) in [6.45, 7) is 4.18. The Kier molecular flexibility index (Phi) is 3.99. The minimum absolute atomic E-state index is 0.232. The molecule has 0 radical (unpaired) electrons. The van der Waals surface area contributed by atoms with Crippen LogP contribution < -0.4 is 5.73 Å². The molecule has 1 aliphatic heterocycles. The average molecular weight is 269 g/mol. The molecule has 3 nitrogen and oxygen atoms in total. The molecule has 2 unspecified atom stereocenters. The van der Waals surface area contributed by atoms with E-state index in [4.69, 9.17) is 10.7 Å². The van der Waals surface area contributed by atoms with E-state index in [9.17, 15) is 0 Å². The third-order valence-electron chi connectivity index (χ3n) is 4.29. The number of hydrogen-bond acceptors (Lipinski definition) is 3. The van der Waals surface area contributed by atoms with Gasteiger partial charge in [-0.2, -0.15) is 0 Å². The van der Waals surface area contributed by atoms with Crippen LogP contribution in [0.15, 0.2) is 36.4 Å². The minimum Gasteiger partial charge on any atom is -0.327 e. The van der Waals surface area contributed by atoms with E-state index in [0.717, 1.165) is 24.3 Å².